The van der Waals surface area contributed by atoms with Gasteiger partial charge in [0.2, 0.25) is 0 Å². The number of hydrogen-bond acceptors (Lipinski definition) is 4. The molecule has 0 heterocycles. The van der Waals surface area contributed by atoms with E-state index in [2.05, 4.69) is 24.4 Å². The van der Waals surface area contributed by atoms with Crippen LogP contribution in [0, 0.1) is 0 Å². The fourth-order valence-corrected chi connectivity index (χ4v) is 0.937. The second-order valence-electron chi connectivity index (χ2n) is 3.84. The van der Waals surface area contributed by atoms with Crippen molar-refractivity contribution in [3.8, 4) is 0 Å². The highest BCUT2D eigenvalue weighted by molar-refractivity contribution is 4.64. The van der Waals surface area contributed by atoms with E-state index in [1.54, 1.807) is 0 Å². The molecule has 0 aromatic rings. The number of nitrogens with zero attached hydrogens (tertiary/aromatic N) is 1. The molecule has 1 unspecified atom stereocenters. The topological polar surface area (TPSA) is 50.5 Å². The number of rotatable bonds is 7. The van der Waals surface area contributed by atoms with E-state index < -0.39 is 0 Å². The van der Waals surface area contributed by atoms with Crippen LogP contribution in [0.4, 0.5) is 0 Å². The Morgan fingerprint density at radius 3 is 2.38 bits per heavy atom. The number of nitrogens with one attached hydrogen (secondary N) is 1. The zero-order chi connectivity index (χ0) is 10.3. The first-order valence-corrected chi connectivity index (χ1v) is 4.78. The monoisotopic (exact) mass is 189 g/mol. The van der Waals surface area contributed by atoms with Crippen LogP contribution in [0.2, 0.25) is 0 Å². The molecule has 0 saturated carbocycles. The summed E-state index contributed by atoms with van der Waals surface area (Å²) in [7, 11) is 4.10. The Morgan fingerprint density at radius 2 is 2.00 bits per heavy atom. The maximum Gasteiger partial charge on any atom is 0.0637 e. The summed E-state index contributed by atoms with van der Waals surface area (Å²) in [6.45, 7) is 5.76. The first kappa shape index (κ1) is 12.8. The van der Waals surface area contributed by atoms with Crippen molar-refractivity contribution in [1.29, 1.82) is 0 Å². The highest BCUT2D eigenvalue weighted by Crippen LogP contribution is 1.96. The molecule has 4 heteroatoms. The molecule has 0 fully saturated rings. The van der Waals surface area contributed by atoms with Gasteiger partial charge in [-0.15, -0.1) is 0 Å². The Hall–Kier alpha value is -0.160. The van der Waals surface area contributed by atoms with Crippen LogP contribution in [0.5, 0.6) is 0 Å². The molecule has 0 aliphatic heterocycles. The molecule has 0 aromatic carbocycles. The van der Waals surface area contributed by atoms with Crippen molar-refractivity contribution in [3.05, 3.63) is 0 Å². The Labute approximate surface area is 81.4 Å². The first-order valence-electron chi connectivity index (χ1n) is 4.78. The lowest BCUT2D eigenvalue weighted by molar-refractivity contribution is 0.0581. The van der Waals surface area contributed by atoms with E-state index in [1.165, 1.54) is 0 Å². The van der Waals surface area contributed by atoms with Crippen molar-refractivity contribution < 1.29 is 4.74 Å². The summed E-state index contributed by atoms with van der Waals surface area (Å²) in [6, 6.07) is 0.254. The average molecular weight is 189 g/mol. The van der Waals surface area contributed by atoms with Gasteiger partial charge < -0.3 is 9.64 Å². The minimum atomic E-state index is 0.254. The normalized spacial score (nSPS) is 14.1. The summed E-state index contributed by atoms with van der Waals surface area (Å²) in [6.07, 6.45) is 1.28. The number of hydrazine groups is 1. The van der Waals surface area contributed by atoms with Crippen LogP contribution in [0.15, 0.2) is 0 Å². The van der Waals surface area contributed by atoms with E-state index in [9.17, 15) is 0 Å². The molecule has 0 aromatic heterocycles. The summed E-state index contributed by atoms with van der Waals surface area (Å²) >= 11 is 0. The number of ether oxygens (including phenoxy) is 1. The number of nitrogens with two attached hydrogens (primary N) is 1. The molecular formula is C9H23N3O. The standard InChI is InChI=1S/C9H23N3O/c1-8(2)13-7-9(11-10)5-6-12(3)4/h8-9,11H,5-7,10H2,1-4H3. The maximum absolute atomic E-state index is 5.47. The highest BCUT2D eigenvalue weighted by atomic mass is 16.5. The van der Waals surface area contributed by atoms with Crippen molar-refractivity contribution in [1.82, 2.24) is 10.3 Å². The first-order chi connectivity index (χ1) is 6.06. The third-order valence-corrected chi connectivity index (χ3v) is 1.79. The van der Waals surface area contributed by atoms with Gasteiger partial charge in [-0.2, -0.15) is 0 Å². The van der Waals surface area contributed by atoms with Crippen LogP contribution in [0.3, 0.4) is 0 Å². The molecule has 13 heavy (non-hydrogen) atoms. The van der Waals surface area contributed by atoms with E-state index in [4.69, 9.17) is 10.6 Å². The lowest BCUT2D eigenvalue weighted by Gasteiger charge is -2.19. The van der Waals surface area contributed by atoms with E-state index in [0.29, 0.717) is 6.61 Å². The minimum absolute atomic E-state index is 0.254. The summed E-state index contributed by atoms with van der Waals surface area (Å²) in [5.41, 5.74) is 2.76. The summed E-state index contributed by atoms with van der Waals surface area (Å²) in [5.74, 6) is 5.40. The van der Waals surface area contributed by atoms with Gasteiger partial charge in [0, 0.05) is 6.04 Å². The van der Waals surface area contributed by atoms with Gasteiger partial charge in [-0.1, -0.05) is 0 Å². The lowest BCUT2D eigenvalue weighted by Crippen LogP contribution is -2.41. The quantitative estimate of drug-likeness (QED) is 0.443. The summed E-state index contributed by atoms with van der Waals surface area (Å²) in [5, 5.41) is 0. The van der Waals surface area contributed by atoms with Crippen molar-refractivity contribution in [2.45, 2.75) is 32.4 Å². The van der Waals surface area contributed by atoms with Crippen LogP contribution in [-0.2, 0) is 4.74 Å². The van der Waals surface area contributed by atoms with Gasteiger partial charge in [0.25, 0.3) is 0 Å². The smallest absolute Gasteiger partial charge is 0.0637 e. The van der Waals surface area contributed by atoms with E-state index in [1.807, 2.05) is 13.8 Å². The second kappa shape index (κ2) is 7.26. The zero-order valence-corrected chi connectivity index (χ0v) is 9.21. The molecular weight excluding hydrogens is 166 g/mol. The van der Waals surface area contributed by atoms with Crippen LogP contribution in [-0.4, -0.2) is 44.3 Å². The lowest BCUT2D eigenvalue weighted by atomic mass is 10.2. The Morgan fingerprint density at radius 1 is 1.38 bits per heavy atom. The molecule has 0 rings (SSSR count). The Balaban J connectivity index is 3.51. The molecule has 0 aliphatic rings. The SMILES string of the molecule is CC(C)OCC(CCN(C)C)NN. The molecule has 80 valence electrons. The van der Waals surface area contributed by atoms with Crippen molar-refractivity contribution in [2.75, 3.05) is 27.2 Å². The highest BCUT2D eigenvalue weighted by Gasteiger charge is 2.07. The third-order valence-electron chi connectivity index (χ3n) is 1.79. The third kappa shape index (κ3) is 8.18. The summed E-state index contributed by atoms with van der Waals surface area (Å²) < 4.78 is 5.47. The minimum Gasteiger partial charge on any atom is -0.377 e. The van der Waals surface area contributed by atoms with Crippen LogP contribution in [0.25, 0.3) is 0 Å². The van der Waals surface area contributed by atoms with Crippen LogP contribution in [0.1, 0.15) is 20.3 Å². The molecule has 0 aliphatic carbocycles. The maximum atomic E-state index is 5.47. The van der Waals surface area contributed by atoms with Crippen LogP contribution >= 0.6 is 0 Å². The van der Waals surface area contributed by atoms with E-state index in [0.717, 1.165) is 13.0 Å². The van der Waals surface area contributed by atoms with Gasteiger partial charge in [0.15, 0.2) is 0 Å². The van der Waals surface area contributed by atoms with Gasteiger partial charge in [0.05, 0.1) is 12.7 Å². The predicted octanol–water partition coefficient (Wildman–Crippen LogP) is 0.195. The Kier molecular flexibility index (Phi) is 7.17. The molecule has 0 saturated heterocycles. The average Bonchev–Trinajstić information content (AvgIpc) is 2.04. The molecule has 0 spiro atoms. The molecule has 0 amide bonds. The zero-order valence-electron chi connectivity index (χ0n) is 9.21. The fourth-order valence-electron chi connectivity index (χ4n) is 0.937. The van der Waals surface area contributed by atoms with Gasteiger partial charge in [0.1, 0.15) is 0 Å². The molecule has 4 nitrogen and oxygen atoms in total. The van der Waals surface area contributed by atoms with Gasteiger partial charge in [-0.05, 0) is 40.9 Å². The van der Waals surface area contributed by atoms with Crippen molar-refractivity contribution in [2.24, 2.45) is 5.84 Å². The van der Waals surface area contributed by atoms with Gasteiger partial charge in [-0.25, -0.2) is 0 Å². The van der Waals surface area contributed by atoms with Gasteiger partial charge >= 0.3 is 0 Å². The molecule has 3 N–H and O–H groups in total. The molecule has 0 bridgehead atoms. The molecule has 1 atom stereocenters. The molecule has 0 radical (unpaired) electrons. The van der Waals surface area contributed by atoms with Crippen molar-refractivity contribution in [3.63, 3.8) is 0 Å². The van der Waals surface area contributed by atoms with Gasteiger partial charge in [-0.3, -0.25) is 11.3 Å². The van der Waals surface area contributed by atoms with E-state index in [-0.39, 0.29) is 12.1 Å². The fraction of sp³-hybridized carbons (Fsp3) is 1.00. The number of hydrogen-bond donors (Lipinski definition) is 2. The Bertz CT molecular complexity index is 105. The summed E-state index contributed by atoms with van der Waals surface area (Å²) in [4.78, 5) is 2.14. The van der Waals surface area contributed by atoms with Crippen molar-refractivity contribution >= 4 is 0 Å². The van der Waals surface area contributed by atoms with E-state index >= 15 is 0 Å². The van der Waals surface area contributed by atoms with Crippen LogP contribution < -0.4 is 11.3 Å². The largest absolute Gasteiger partial charge is 0.377 e. The predicted molar refractivity (Wildman–Crippen MR) is 55.4 cm³/mol. The second-order valence-corrected chi connectivity index (χ2v) is 3.84.